The highest BCUT2D eigenvalue weighted by Gasteiger charge is 2.33. The monoisotopic (exact) mass is 232 g/mol. The molecule has 0 amide bonds. The lowest BCUT2D eigenvalue weighted by Gasteiger charge is -2.32. The van der Waals surface area contributed by atoms with Crippen molar-refractivity contribution in [1.82, 2.24) is 0 Å². The second-order valence-corrected chi connectivity index (χ2v) is 3.90. The average Bonchev–Trinajstić information content (AvgIpc) is 2.26. The SMILES string of the molecule is OC1(c2cc(F)c(F)c(F)c2)CCOCC1. The van der Waals surface area contributed by atoms with Crippen molar-refractivity contribution in [3.05, 3.63) is 35.1 Å². The normalized spacial score (nSPS) is 19.8. The molecule has 1 aliphatic heterocycles. The van der Waals surface area contributed by atoms with Gasteiger partial charge in [-0.1, -0.05) is 0 Å². The fraction of sp³-hybridized carbons (Fsp3) is 0.455. The van der Waals surface area contributed by atoms with Crippen LogP contribution in [0.5, 0.6) is 0 Å². The highest BCUT2D eigenvalue weighted by Crippen LogP contribution is 2.33. The summed E-state index contributed by atoms with van der Waals surface area (Å²) < 4.78 is 43.8. The molecule has 2 nitrogen and oxygen atoms in total. The van der Waals surface area contributed by atoms with Crippen LogP contribution < -0.4 is 0 Å². The van der Waals surface area contributed by atoms with Crippen LogP contribution in [0.1, 0.15) is 18.4 Å². The van der Waals surface area contributed by atoms with E-state index < -0.39 is 23.1 Å². The predicted octanol–water partition coefficient (Wildman–Crippen LogP) is 2.10. The van der Waals surface area contributed by atoms with Gasteiger partial charge in [-0.15, -0.1) is 0 Å². The molecule has 1 heterocycles. The molecule has 0 radical (unpaired) electrons. The molecule has 0 saturated carbocycles. The smallest absolute Gasteiger partial charge is 0.194 e. The predicted molar refractivity (Wildman–Crippen MR) is 50.3 cm³/mol. The quantitative estimate of drug-likeness (QED) is 0.751. The minimum absolute atomic E-state index is 0.0622. The third-order valence-corrected chi connectivity index (χ3v) is 2.84. The van der Waals surface area contributed by atoms with E-state index in [0.29, 0.717) is 13.2 Å². The molecule has 0 aromatic heterocycles. The van der Waals surface area contributed by atoms with Crippen LogP contribution >= 0.6 is 0 Å². The summed E-state index contributed by atoms with van der Waals surface area (Å²) in [6.07, 6.45) is 0.495. The molecule has 0 bridgehead atoms. The summed E-state index contributed by atoms with van der Waals surface area (Å²) in [5, 5.41) is 10.1. The zero-order valence-electron chi connectivity index (χ0n) is 8.47. The van der Waals surface area contributed by atoms with E-state index in [9.17, 15) is 18.3 Å². The van der Waals surface area contributed by atoms with E-state index in [1.54, 1.807) is 0 Å². The molecule has 1 aromatic rings. The summed E-state index contributed by atoms with van der Waals surface area (Å²) in [5.41, 5.74) is -1.26. The van der Waals surface area contributed by atoms with Gasteiger partial charge in [-0.2, -0.15) is 0 Å². The molecule has 2 rings (SSSR count). The minimum atomic E-state index is -1.51. The van der Waals surface area contributed by atoms with Crippen LogP contribution in [-0.2, 0) is 10.3 Å². The molecule has 16 heavy (non-hydrogen) atoms. The number of rotatable bonds is 1. The fourth-order valence-electron chi connectivity index (χ4n) is 1.82. The van der Waals surface area contributed by atoms with Crippen LogP contribution in [-0.4, -0.2) is 18.3 Å². The Labute approximate surface area is 90.7 Å². The second kappa shape index (κ2) is 4.07. The Morgan fingerprint density at radius 3 is 2.06 bits per heavy atom. The summed E-state index contributed by atoms with van der Waals surface area (Å²) in [7, 11) is 0. The van der Waals surface area contributed by atoms with Crippen LogP contribution in [0.3, 0.4) is 0 Å². The van der Waals surface area contributed by atoms with E-state index in [1.165, 1.54) is 0 Å². The third-order valence-electron chi connectivity index (χ3n) is 2.84. The Hall–Kier alpha value is -1.07. The molecule has 88 valence electrons. The number of aliphatic hydroxyl groups is 1. The Bertz CT molecular complexity index is 377. The van der Waals surface area contributed by atoms with E-state index in [-0.39, 0.29) is 18.4 Å². The summed E-state index contributed by atoms with van der Waals surface area (Å²) in [5.74, 6) is -4.08. The first-order valence-electron chi connectivity index (χ1n) is 4.98. The van der Waals surface area contributed by atoms with Crippen molar-refractivity contribution in [3.8, 4) is 0 Å². The second-order valence-electron chi connectivity index (χ2n) is 3.90. The lowest BCUT2D eigenvalue weighted by atomic mass is 9.86. The molecule has 1 aromatic carbocycles. The molecule has 1 N–H and O–H groups in total. The molecule has 1 saturated heterocycles. The summed E-state index contributed by atoms with van der Waals surface area (Å²) in [6.45, 7) is 0.633. The van der Waals surface area contributed by atoms with Gasteiger partial charge >= 0.3 is 0 Å². The molecular weight excluding hydrogens is 221 g/mol. The molecule has 5 heteroatoms. The van der Waals surface area contributed by atoms with Crippen molar-refractivity contribution in [3.63, 3.8) is 0 Å². The third kappa shape index (κ3) is 1.92. The molecule has 0 spiro atoms. The molecule has 0 unspecified atom stereocenters. The molecule has 1 aliphatic rings. The van der Waals surface area contributed by atoms with Gasteiger partial charge in [-0.05, 0) is 17.7 Å². The first kappa shape index (κ1) is 11.4. The Morgan fingerprint density at radius 2 is 1.56 bits per heavy atom. The van der Waals surface area contributed by atoms with Gasteiger partial charge in [0.05, 0.1) is 5.60 Å². The van der Waals surface area contributed by atoms with Gasteiger partial charge < -0.3 is 9.84 Å². The largest absolute Gasteiger partial charge is 0.385 e. The highest BCUT2D eigenvalue weighted by atomic mass is 19.2. The van der Waals surface area contributed by atoms with Crippen molar-refractivity contribution in [2.75, 3.05) is 13.2 Å². The van der Waals surface area contributed by atoms with Crippen LogP contribution in [0.25, 0.3) is 0 Å². The fourth-order valence-corrected chi connectivity index (χ4v) is 1.82. The van der Waals surface area contributed by atoms with Crippen molar-refractivity contribution in [2.24, 2.45) is 0 Å². The minimum Gasteiger partial charge on any atom is -0.385 e. The van der Waals surface area contributed by atoms with Crippen LogP contribution in [0.2, 0.25) is 0 Å². The van der Waals surface area contributed by atoms with Gasteiger partial charge in [-0.25, -0.2) is 13.2 Å². The summed E-state index contributed by atoms with van der Waals surface area (Å²) in [4.78, 5) is 0. The van der Waals surface area contributed by atoms with Gasteiger partial charge in [0.15, 0.2) is 17.5 Å². The number of ether oxygens (including phenoxy) is 1. The lowest BCUT2D eigenvalue weighted by molar-refractivity contribution is -0.0683. The zero-order valence-corrected chi connectivity index (χ0v) is 8.47. The van der Waals surface area contributed by atoms with Gasteiger partial charge in [0, 0.05) is 26.1 Å². The van der Waals surface area contributed by atoms with Gasteiger partial charge in [0.25, 0.3) is 0 Å². The van der Waals surface area contributed by atoms with E-state index in [0.717, 1.165) is 12.1 Å². The van der Waals surface area contributed by atoms with Crippen LogP contribution in [0.15, 0.2) is 12.1 Å². The summed E-state index contributed by atoms with van der Waals surface area (Å²) >= 11 is 0. The Balaban J connectivity index is 2.39. The van der Waals surface area contributed by atoms with E-state index in [1.807, 2.05) is 0 Å². The lowest BCUT2D eigenvalue weighted by Crippen LogP contribution is -2.33. The maximum absolute atomic E-state index is 13.0. The number of hydrogen-bond acceptors (Lipinski definition) is 2. The van der Waals surface area contributed by atoms with E-state index >= 15 is 0 Å². The van der Waals surface area contributed by atoms with Crippen molar-refractivity contribution in [1.29, 1.82) is 0 Å². The highest BCUT2D eigenvalue weighted by molar-refractivity contribution is 5.25. The molecular formula is C11H11F3O2. The van der Waals surface area contributed by atoms with Crippen LogP contribution in [0, 0.1) is 17.5 Å². The first-order chi connectivity index (χ1) is 7.53. The van der Waals surface area contributed by atoms with Crippen molar-refractivity contribution in [2.45, 2.75) is 18.4 Å². The molecule has 0 atom stereocenters. The topological polar surface area (TPSA) is 29.5 Å². The summed E-state index contributed by atoms with van der Waals surface area (Å²) in [6, 6.07) is 1.67. The Kier molecular flexibility index (Phi) is 2.90. The Morgan fingerprint density at radius 1 is 1.06 bits per heavy atom. The van der Waals surface area contributed by atoms with Crippen molar-refractivity contribution < 1.29 is 23.0 Å². The van der Waals surface area contributed by atoms with Crippen molar-refractivity contribution >= 4 is 0 Å². The maximum Gasteiger partial charge on any atom is 0.194 e. The first-order valence-corrected chi connectivity index (χ1v) is 4.98. The average molecular weight is 232 g/mol. The van der Waals surface area contributed by atoms with E-state index in [2.05, 4.69) is 0 Å². The van der Waals surface area contributed by atoms with Gasteiger partial charge in [-0.3, -0.25) is 0 Å². The number of benzene rings is 1. The van der Waals surface area contributed by atoms with E-state index in [4.69, 9.17) is 4.74 Å². The number of hydrogen-bond donors (Lipinski definition) is 1. The number of halogens is 3. The maximum atomic E-state index is 13.0. The van der Waals surface area contributed by atoms with Gasteiger partial charge in [0.1, 0.15) is 0 Å². The molecule has 0 aliphatic carbocycles. The van der Waals surface area contributed by atoms with Crippen LogP contribution in [0.4, 0.5) is 13.2 Å². The molecule has 1 fully saturated rings. The standard InChI is InChI=1S/C11H11F3O2/c12-8-5-7(6-9(13)10(8)14)11(15)1-3-16-4-2-11/h5-6,15H,1-4H2. The van der Waals surface area contributed by atoms with Gasteiger partial charge in [0.2, 0.25) is 0 Å². The zero-order chi connectivity index (χ0) is 11.8.